The number of methoxy groups -OCH3 is 1. The average molecular weight is 408 g/mol. The van der Waals surface area contributed by atoms with Crippen molar-refractivity contribution in [1.29, 1.82) is 0 Å². The number of carbonyl (C=O) groups excluding carboxylic acids is 2. The summed E-state index contributed by atoms with van der Waals surface area (Å²) in [4.78, 5) is 22.4. The standard InChI is InChI=1S/C18H36N2O8/c1-19-17(21)15-28-14-13-26-7-3-6-24-10-5-20-18(22)16-27-9-4-8-25-12-11-23-2/h3-16H2,1-2H3,(H,19,21)(H,20,22). The average Bonchev–Trinajstić information content (AvgIpc) is 2.70. The molecule has 166 valence electrons. The van der Waals surface area contributed by atoms with Gasteiger partial charge in [0.25, 0.3) is 0 Å². The van der Waals surface area contributed by atoms with Gasteiger partial charge in [0.2, 0.25) is 11.8 Å². The minimum absolute atomic E-state index is 0.0356. The van der Waals surface area contributed by atoms with Crippen molar-refractivity contribution in [1.82, 2.24) is 10.6 Å². The molecule has 0 spiro atoms. The van der Waals surface area contributed by atoms with E-state index in [9.17, 15) is 9.59 Å². The van der Waals surface area contributed by atoms with Crippen LogP contribution in [-0.2, 0) is 38.0 Å². The lowest BCUT2D eigenvalue weighted by Crippen LogP contribution is -2.31. The summed E-state index contributed by atoms with van der Waals surface area (Å²) in [5, 5.41) is 5.19. The number of likely N-dealkylation sites (N-methyl/N-ethyl adjacent to an activating group) is 1. The molecule has 2 amide bonds. The second kappa shape index (κ2) is 22.0. The highest BCUT2D eigenvalue weighted by Crippen LogP contribution is 1.88. The second-order valence-corrected chi connectivity index (χ2v) is 5.67. The van der Waals surface area contributed by atoms with E-state index in [2.05, 4.69) is 10.6 Å². The van der Waals surface area contributed by atoms with Crippen molar-refractivity contribution in [3.05, 3.63) is 0 Å². The molecule has 0 heterocycles. The van der Waals surface area contributed by atoms with Gasteiger partial charge in [-0.2, -0.15) is 0 Å². The summed E-state index contributed by atoms with van der Waals surface area (Å²) in [5.41, 5.74) is 0. The molecule has 0 aromatic carbocycles. The van der Waals surface area contributed by atoms with Crippen molar-refractivity contribution in [2.45, 2.75) is 12.8 Å². The van der Waals surface area contributed by atoms with Crippen LogP contribution in [0.3, 0.4) is 0 Å². The molecular formula is C18H36N2O8. The Morgan fingerprint density at radius 2 is 1.14 bits per heavy atom. The molecule has 0 aromatic heterocycles. The van der Waals surface area contributed by atoms with Crippen LogP contribution in [0.1, 0.15) is 12.8 Å². The lowest BCUT2D eigenvalue weighted by molar-refractivity contribution is -0.126. The van der Waals surface area contributed by atoms with Crippen LogP contribution in [-0.4, -0.2) is 105 Å². The molecule has 0 unspecified atom stereocenters. The number of carbonyl (C=O) groups is 2. The van der Waals surface area contributed by atoms with Gasteiger partial charge in [0.15, 0.2) is 0 Å². The first kappa shape index (κ1) is 26.7. The number of hydrogen-bond donors (Lipinski definition) is 2. The third-order valence-corrected chi connectivity index (χ3v) is 3.27. The Kier molecular flexibility index (Phi) is 21.0. The van der Waals surface area contributed by atoms with Crippen molar-refractivity contribution in [3.8, 4) is 0 Å². The normalized spacial score (nSPS) is 10.8. The molecule has 0 fully saturated rings. The highest BCUT2D eigenvalue weighted by Gasteiger charge is 2.01. The van der Waals surface area contributed by atoms with Crippen LogP contribution in [0.25, 0.3) is 0 Å². The van der Waals surface area contributed by atoms with Gasteiger partial charge in [-0.25, -0.2) is 0 Å². The minimum atomic E-state index is -0.163. The van der Waals surface area contributed by atoms with Gasteiger partial charge in [-0.1, -0.05) is 0 Å². The smallest absolute Gasteiger partial charge is 0.246 e. The molecule has 0 rings (SSSR count). The van der Waals surface area contributed by atoms with Crippen molar-refractivity contribution >= 4 is 11.8 Å². The van der Waals surface area contributed by atoms with Crippen LogP contribution in [0.4, 0.5) is 0 Å². The van der Waals surface area contributed by atoms with E-state index in [1.165, 1.54) is 0 Å². The first-order valence-corrected chi connectivity index (χ1v) is 9.55. The molecule has 2 N–H and O–H groups in total. The van der Waals surface area contributed by atoms with Gasteiger partial charge in [0.05, 0.1) is 33.0 Å². The Bertz CT molecular complexity index is 371. The zero-order valence-electron chi connectivity index (χ0n) is 17.2. The first-order valence-electron chi connectivity index (χ1n) is 9.55. The lowest BCUT2D eigenvalue weighted by Gasteiger charge is -2.08. The van der Waals surface area contributed by atoms with Crippen LogP contribution < -0.4 is 10.6 Å². The topological polar surface area (TPSA) is 114 Å². The quantitative estimate of drug-likeness (QED) is 0.241. The van der Waals surface area contributed by atoms with E-state index in [0.29, 0.717) is 66.0 Å². The van der Waals surface area contributed by atoms with E-state index in [-0.39, 0.29) is 25.0 Å². The summed E-state index contributed by atoms with van der Waals surface area (Å²) in [6.07, 6.45) is 1.49. The van der Waals surface area contributed by atoms with Crippen molar-refractivity contribution in [3.63, 3.8) is 0 Å². The minimum Gasteiger partial charge on any atom is -0.382 e. The van der Waals surface area contributed by atoms with E-state index >= 15 is 0 Å². The van der Waals surface area contributed by atoms with Gasteiger partial charge >= 0.3 is 0 Å². The Morgan fingerprint density at radius 1 is 0.643 bits per heavy atom. The lowest BCUT2D eigenvalue weighted by atomic mass is 10.5. The fourth-order valence-electron chi connectivity index (χ4n) is 1.81. The maximum atomic E-state index is 11.5. The summed E-state index contributed by atoms with van der Waals surface area (Å²) in [6.45, 7) is 5.09. The van der Waals surface area contributed by atoms with Crippen LogP contribution in [0, 0.1) is 0 Å². The third kappa shape index (κ3) is 21.0. The molecule has 0 saturated carbocycles. The summed E-state index contributed by atoms with van der Waals surface area (Å²) < 4.78 is 31.3. The predicted molar refractivity (Wildman–Crippen MR) is 102 cm³/mol. The Hall–Kier alpha value is -1.30. The molecule has 10 nitrogen and oxygen atoms in total. The Labute approximate surface area is 167 Å². The largest absolute Gasteiger partial charge is 0.382 e. The Morgan fingerprint density at radius 3 is 1.79 bits per heavy atom. The molecule has 0 aliphatic rings. The molecule has 28 heavy (non-hydrogen) atoms. The monoisotopic (exact) mass is 408 g/mol. The van der Waals surface area contributed by atoms with Gasteiger partial charge in [-0.15, -0.1) is 0 Å². The highest BCUT2D eigenvalue weighted by atomic mass is 16.5. The third-order valence-electron chi connectivity index (χ3n) is 3.27. The molecule has 0 atom stereocenters. The van der Waals surface area contributed by atoms with E-state index in [1.54, 1.807) is 14.2 Å². The van der Waals surface area contributed by atoms with Gasteiger partial charge in [-0.3, -0.25) is 9.59 Å². The molecule has 0 aromatic rings. The molecule has 0 aliphatic carbocycles. The van der Waals surface area contributed by atoms with Crippen LogP contribution in [0.5, 0.6) is 0 Å². The number of hydrogen-bond acceptors (Lipinski definition) is 8. The predicted octanol–water partition coefficient (Wildman–Crippen LogP) is -0.642. The molecule has 0 radical (unpaired) electrons. The number of ether oxygens (including phenoxy) is 6. The summed E-state index contributed by atoms with van der Waals surface area (Å²) in [5.74, 6) is -0.320. The fourth-order valence-corrected chi connectivity index (χ4v) is 1.81. The highest BCUT2D eigenvalue weighted by molar-refractivity contribution is 5.77. The first-order chi connectivity index (χ1) is 13.7. The van der Waals surface area contributed by atoms with Crippen molar-refractivity contribution in [2.24, 2.45) is 0 Å². The van der Waals surface area contributed by atoms with Crippen LogP contribution in [0.2, 0.25) is 0 Å². The SMILES string of the molecule is CNC(=O)COCCOCCCOCCNC(=O)COCCCOCCOC. The van der Waals surface area contributed by atoms with Crippen molar-refractivity contribution < 1.29 is 38.0 Å². The van der Waals surface area contributed by atoms with Gasteiger partial charge in [0, 0.05) is 47.1 Å². The molecule has 0 aliphatic heterocycles. The second-order valence-electron chi connectivity index (χ2n) is 5.67. The van der Waals surface area contributed by atoms with E-state index in [4.69, 9.17) is 28.4 Å². The summed E-state index contributed by atoms with van der Waals surface area (Å²) >= 11 is 0. The van der Waals surface area contributed by atoms with E-state index < -0.39 is 0 Å². The van der Waals surface area contributed by atoms with Gasteiger partial charge in [-0.05, 0) is 12.8 Å². The van der Waals surface area contributed by atoms with Gasteiger partial charge < -0.3 is 39.1 Å². The molecular weight excluding hydrogens is 372 g/mol. The molecule has 0 saturated heterocycles. The number of amides is 2. The summed E-state index contributed by atoms with van der Waals surface area (Å²) in [6, 6.07) is 0. The summed E-state index contributed by atoms with van der Waals surface area (Å²) in [7, 11) is 3.19. The number of rotatable bonds is 21. The zero-order chi connectivity index (χ0) is 20.7. The Balaban J connectivity index is 3.17. The van der Waals surface area contributed by atoms with E-state index in [1.807, 2.05) is 0 Å². The van der Waals surface area contributed by atoms with Gasteiger partial charge in [0.1, 0.15) is 13.2 Å². The molecule has 10 heteroatoms. The maximum absolute atomic E-state index is 11.5. The maximum Gasteiger partial charge on any atom is 0.246 e. The fraction of sp³-hybridized carbons (Fsp3) is 0.889. The molecule has 0 bridgehead atoms. The zero-order valence-corrected chi connectivity index (χ0v) is 17.2. The van der Waals surface area contributed by atoms with Crippen LogP contribution >= 0.6 is 0 Å². The van der Waals surface area contributed by atoms with Crippen LogP contribution in [0.15, 0.2) is 0 Å². The number of nitrogens with one attached hydrogen (secondary N) is 2. The van der Waals surface area contributed by atoms with E-state index in [0.717, 1.165) is 12.8 Å². The van der Waals surface area contributed by atoms with Crippen molar-refractivity contribution in [2.75, 3.05) is 93.4 Å².